The summed E-state index contributed by atoms with van der Waals surface area (Å²) in [5.74, 6) is -5.15. The minimum absolute atomic E-state index is 0.0173. The summed E-state index contributed by atoms with van der Waals surface area (Å²) >= 11 is 0. The van der Waals surface area contributed by atoms with E-state index in [-0.39, 0.29) is 44.1 Å². The molecule has 3 heterocycles. The lowest BCUT2D eigenvalue weighted by Gasteiger charge is -2.46. The second-order valence-electron chi connectivity index (χ2n) is 11.0. The molecule has 3 aliphatic heterocycles. The van der Waals surface area contributed by atoms with Gasteiger partial charge < -0.3 is 15.1 Å². The summed E-state index contributed by atoms with van der Waals surface area (Å²) in [5, 5.41) is 2.56. The summed E-state index contributed by atoms with van der Waals surface area (Å²) in [4.78, 5) is 73.3. The number of hydrogen-bond donors (Lipinski definition) is 1. The van der Waals surface area contributed by atoms with Crippen molar-refractivity contribution in [1.29, 1.82) is 0 Å². The monoisotopic (exact) mass is 545 g/mol. The van der Waals surface area contributed by atoms with Crippen LogP contribution in [0.15, 0.2) is 23.2 Å². The number of fused-ring (bicyclic) bond motifs is 2. The molecule has 4 amide bonds. The van der Waals surface area contributed by atoms with E-state index in [2.05, 4.69) is 10.3 Å². The Morgan fingerprint density at radius 2 is 1.77 bits per heavy atom. The van der Waals surface area contributed by atoms with Crippen molar-refractivity contribution in [3.63, 3.8) is 0 Å². The average Bonchev–Trinajstić information content (AvgIpc) is 3.12. The van der Waals surface area contributed by atoms with E-state index in [9.17, 15) is 28.4 Å². The molecular formula is C27H33F2N5O5. The van der Waals surface area contributed by atoms with Gasteiger partial charge in [-0.1, -0.05) is 12.1 Å². The van der Waals surface area contributed by atoms with E-state index in [4.69, 9.17) is 0 Å². The first-order chi connectivity index (χ1) is 18.2. The quantitative estimate of drug-likeness (QED) is 0.442. The van der Waals surface area contributed by atoms with Crippen LogP contribution in [0.1, 0.15) is 50.7 Å². The molecule has 1 aromatic carbocycles. The van der Waals surface area contributed by atoms with Crippen molar-refractivity contribution in [1.82, 2.24) is 20.0 Å². The van der Waals surface area contributed by atoms with Crippen molar-refractivity contribution >= 4 is 35.2 Å². The van der Waals surface area contributed by atoms with Crippen LogP contribution in [0.5, 0.6) is 0 Å². The van der Waals surface area contributed by atoms with E-state index in [1.807, 2.05) is 0 Å². The molecule has 4 aliphatic rings. The summed E-state index contributed by atoms with van der Waals surface area (Å²) in [6.07, 6.45) is 0.0853. The molecule has 0 radical (unpaired) electrons. The molecule has 1 atom stereocenters. The third-order valence-electron chi connectivity index (χ3n) is 8.20. The summed E-state index contributed by atoms with van der Waals surface area (Å²) in [6.45, 7) is 4.61. The Balaban J connectivity index is 1.69. The van der Waals surface area contributed by atoms with Crippen LogP contribution >= 0.6 is 0 Å². The van der Waals surface area contributed by atoms with Gasteiger partial charge in [0.05, 0.1) is 6.54 Å². The highest BCUT2D eigenvalue weighted by Gasteiger charge is 2.60. The van der Waals surface area contributed by atoms with E-state index in [1.165, 1.54) is 36.0 Å². The van der Waals surface area contributed by atoms with E-state index in [1.54, 1.807) is 26.8 Å². The van der Waals surface area contributed by atoms with Gasteiger partial charge in [0.1, 0.15) is 22.9 Å². The molecule has 1 unspecified atom stereocenters. The summed E-state index contributed by atoms with van der Waals surface area (Å²) in [6, 6.07) is 2.28. The highest BCUT2D eigenvalue weighted by atomic mass is 19.1. The fraction of sp³-hybridized carbons (Fsp3) is 0.556. The molecule has 39 heavy (non-hydrogen) atoms. The highest BCUT2D eigenvalue weighted by molar-refractivity contribution is 6.46. The number of alkyl halides is 1. The van der Waals surface area contributed by atoms with Crippen LogP contribution in [-0.2, 0) is 30.5 Å². The lowest BCUT2D eigenvalue weighted by Crippen LogP contribution is -2.65. The number of carbonyl (C=O) groups excluding carboxylic acids is 5. The number of carbonyl (C=O) groups is 5. The predicted octanol–water partition coefficient (Wildman–Crippen LogP) is 1.29. The van der Waals surface area contributed by atoms with Crippen molar-refractivity contribution in [3.8, 4) is 0 Å². The Kier molecular flexibility index (Phi) is 7.35. The molecule has 1 N–H and O–H groups in total. The Morgan fingerprint density at radius 1 is 1.13 bits per heavy atom. The number of Topliss-reactive ketones (excluding diaryl/α,β-unsaturated/α-hetero) is 1. The largest absolute Gasteiger partial charge is 0.350 e. The van der Waals surface area contributed by atoms with E-state index in [0.717, 1.165) is 4.90 Å². The number of aliphatic imine (C=N–C) groups is 1. The number of halogens is 2. The van der Waals surface area contributed by atoms with Crippen molar-refractivity contribution < 1.29 is 32.8 Å². The molecule has 0 spiro atoms. The Hall–Kier alpha value is -3.70. The third kappa shape index (κ3) is 4.92. The number of amidine groups is 1. The standard InChI is InChI=1S/C27H33F2N5O5/c1-15(2)32(4)23(38)24(39)33(5)27-10-8-26(29,9-11-27)14-34-22(37)20(35)19(31-25(27)34)21(36)30-13-17-6-7-18(28)16(3)12-17/h6-7,12,15,19H,8-11,13-14H2,1-5H3,(H,30,36). The number of aryl methyl sites for hydroxylation is 1. The average molecular weight is 546 g/mol. The Bertz CT molecular complexity index is 1270. The number of likely N-dealkylation sites (N-methyl/N-ethyl adjacent to an activating group) is 2. The van der Waals surface area contributed by atoms with Gasteiger partial charge in [-0.3, -0.25) is 28.9 Å². The first-order valence-corrected chi connectivity index (χ1v) is 12.9. The first-order valence-electron chi connectivity index (χ1n) is 12.9. The molecule has 210 valence electrons. The Morgan fingerprint density at radius 3 is 2.36 bits per heavy atom. The number of benzene rings is 1. The van der Waals surface area contributed by atoms with Crippen LogP contribution in [0.25, 0.3) is 0 Å². The zero-order valence-electron chi connectivity index (χ0n) is 22.7. The topological polar surface area (TPSA) is 119 Å². The van der Waals surface area contributed by atoms with Crippen molar-refractivity contribution in [3.05, 3.63) is 35.1 Å². The van der Waals surface area contributed by atoms with Crippen molar-refractivity contribution in [2.45, 2.75) is 76.3 Å². The first kappa shape index (κ1) is 28.3. The fourth-order valence-corrected chi connectivity index (χ4v) is 5.38. The van der Waals surface area contributed by atoms with Gasteiger partial charge in [0.15, 0.2) is 6.04 Å². The van der Waals surface area contributed by atoms with E-state index >= 15 is 4.39 Å². The van der Waals surface area contributed by atoms with Crippen LogP contribution in [0, 0.1) is 12.7 Å². The van der Waals surface area contributed by atoms with Crippen LogP contribution in [0.3, 0.4) is 0 Å². The third-order valence-corrected chi connectivity index (χ3v) is 8.20. The molecule has 1 aliphatic carbocycles. The molecule has 10 nitrogen and oxygen atoms in total. The van der Waals surface area contributed by atoms with Crippen molar-refractivity contribution in [2.75, 3.05) is 20.6 Å². The maximum atomic E-state index is 15.7. The predicted molar refractivity (Wildman–Crippen MR) is 137 cm³/mol. The fourth-order valence-electron chi connectivity index (χ4n) is 5.38. The van der Waals surface area contributed by atoms with Gasteiger partial charge in [-0.05, 0) is 63.6 Å². The number of rotatable bonds is 5. The molecule has 5 rings (SSSR count). The van der Waals surface area contributed by atoms with Gasteiger partial charge in [0.2, 0.25) is 0 Å². The minimum atomic E-state index is -1.80. The maximum absolute atomic E-state index is 15.7. The number of amides is 4. The molecule has 3 fully saturated rings. The maximum Gasteiger partial charge on any atom is 0.312 e. The number of nitrogens with zero attached hydrogens (tertiary/aromatic N) is 4. The zero-order valence-corrected chi connectivity index (χ0v) is 22.7. The lowest BCUT2D eigenvalue weighted by molar-refractivity contribution is -0.154. The van der Waals surface area contributed by atoms with Gasteiger partial charge in [-0.15, -0.1) is 0 Å². The zero-order chi connectivity index (χ0) is 28.9. The van der Waals surface area contributed by atoms with Crippen LogP contribution in [0.2, 0.25) is 0 Å². The van der Waals surface area contributed by atoms with Crippen molar-refractivity contribution in [2.24, 2.45) is 4.99 Å². The number of nitrogens with one attached hydrogen (secondary N) is 1. The van der Waals surface area contributed by atoms with Gasteiger partial charge in [0, 0.05) is 26.7 Å². The van der Waals surface area contributed by atoms with Gasteiger partial charge >= 0.3 is 11.8 Å². The molecule has 1 aromatic rings. The highest BCUT2D eigenvalue weighted by Crippen LogP contribution is 2.47. The Labute approximate surface area is 225 Å². The summed E-state index contributed by atoms with van der Waals surface area (Å²) in [7, 11) is 2.89. The minimum Gasteiger partial charge on any atom is -0.350 e. The number of hydrogen-bond acceptors (Lipinski definition) is 6. The summed E-state index contributed by atoms with van der Waals surface area (Å²) < 4.78 is 29.3. The second kappa shape index (κ2) is 10.1. The number of ketones is 1. The van der Waals surface area contributed by atoms with E-state index < -0.39 is 59.0 Å². The lowest BCUT2D eigenvalue weighted by atomic mass is 9.75. The van der Waals surface area contributed by atoms with Crippen LogP contribution in [-0.4, -0.2) is 93.9 Å². The van der Waals surface area contributed by atoms with Gasteiger partial charge in [-0.2, -0.15) is 0 Å². The van der Waals surface area contributed by atoms with E-state index in [0.29, 0.717) is 11.1 Å². The second-order valence-corrected chi connectivity index (χ2v) is 11.0. The smallest absolute Gasteiger partial charge is 0.312 e. The SMILES string of the molecule is Cc1cc(CNC(=O)C2N=C3N(CC4(F)CCC3(N(C)C(=O)C(=O)N(C)C(C)C)CC4)C(=O)C2=O)ccc1F. The van der Waals surface area contributed by atoms with Crippen LogP contribution in [0.4, 0.5) is 8.78 Å². The van der Waals surface area contributed by atoms with Crippen LogP contribution < -0.4 is 5.32 Å². The molecular weight excluding hydrogens is 512 g/mol. The normalized spacial score (nSPS) is 26.1. The van der Waals surface area contributed by atoms with Gasteiger partial charge in [0.25, 0.3) is 17.6 Å². The molecule has 2 saturated heterocycles. The summed E-state index contributed by atoms with van der Waals surface area (Å²) in [5.41, 5.74) is -2.20. The molecule has 0 aromatic heterocycles. The molecule has 1 saturated carbocycles. The molecule has 12 heteroatoms. The van der Waals surface area contributed by atoms with Gasteiger partial charge in [-0.25, -0.2) is 13.8 Å². The molecule has 2 bridgehead atoms.